The van der Waals surface area contributed by atoms with Crippen LogP contribution in [0.15, 0.2) is 28.7 Å². The van der Waals surface area contributed by atoms with Crippen LogP contribution in [0.5, 0.6) is 0 Å². The number of hydrogen-bond acceptors (Lipinski definition) is 4. The Labute approximate surface area is 167 Å². The number of alkyl halides is 6. The van der Waals surface area contributed by atoms with Gasteiger partial charge in [-0.15, -0.1) is 0 Å². The van der Waals surface area contributed by atoms with Crippen molar-refractivity contribution < 1.29 is 30.8 Å². The SMILES string of the molecule is N#Cc1nn(-c2c(Cl)cc(C(F)(F)F)cc2Cl)c(N)c1-c1ccc(C(F)(F)F)o1. The number of nitrogen functional groups attached to an aromatic ring is 1. The molecule has 0 fully saturated rings. The highest BCUT2D eigenvalue weighted by Gasteiger charge is 2.36. The zero-order valence-corrected chi connectivity index (χ0v) is 15.2. The van der Waals surface area contributed by atoms with E-state index in [0.29, 0.717) is 18.2 Å². The molecule has 152 valence electrons. The molecule has 0 aliphatic heterocycles. The van der Waals surface area contributed by atoms with E-state index < -0.39 is 51.0 Å². The minimum Gasteiger partial charge on any atom is -0.451 e. The quantitative estimate of drug-likeness (QED) is 0.486. The molecule has 5 nitrogen and oxygen atoms in total. The number of aromatic nitrogens is 2. The summed E-state index contributed by atoms with van der Waals surface area (Å²) in [5.74, 6) is -2.17. The number of nitrogens with two attached hydrogens (primary N) is 1. The first-order chi connectivity index (χ1) is 13.3. The van der Waals surface area contributed by atoms with Crippen molar-refractivity contribution in [3.63, 3.8) is 0 Å². The van der Waals surface area contributed by atoms with E-state index in [9.17, 15) is 31.6 Å². The van der Waals surface area contributed by atoms with Crippen molar-refractivity contribution in [2.45, 2.75) is 12.4 Å². The molecule has 3 rings (SSSR count). The van der Waals surface area contributed by atoms with Gasteiger partial charge in [0.1, 0.15) is 23.3 Å². The third kappa shape index (κ3) is 3.73. The number of hydrogen-bond donors (Lipinski definition) is 1. The van der Waals surface area contributed by atoms with Crippen LogP contribution < -0.4 is 5.73 Å². The van der Waals surface area contributed by atoms with Gasteiger partial charge >= 0.3 is 12.4 Å². The summed E-state index contributed by atoms with van der Waals surface area (Å²) in [4.78, 5) is 0. The molecule has 0 unspecified atom stereocenters. The van der Waals surface area contributed by atoms with Gasteiger partial charge in [-0.3, -0.25) is 0 Å². The molecule has 0 spiro atoms. The zero-order chi connectivity index (χ0) is 21.7. The lowest BCUT2D eigenvalue weighted by molar-refractivity contribution is -0.152. The molecule has 0 bridgehead atoms. The zero-order valence-electron chi connectivity index (χ0n) is 13.7. The number of anilines is 1. The molecule has 2 heterocycles. The summed E-state index contributed by atoms with van der Waals surface area (Å²) >= 11 is 11.8. The van der Waals surface area contributed by atoms with Gasteiger partial charge in [-0.2, -0.15) is 36.7 Å². The van der Waals surface area contributed by atoms with Crippen molar-refractivity contribution in [2.75, 3.05) is 5.73 Å². The van der Waals surface area contributed by atoms with Crippen molar-refractivity contribution in [2.24, 2.45) is 0 Å². The Morgan fingerprint density at radius 3 is 2.07 bits per heavy atom. The van der Waals surface area contributed by atoms with E-state index in [1.165, 1.54) is 0 Å². The summed E-state index contributed by atoms with van der Waals surface area (Å²) in [6.45, 7) is 0. The molecule has 0 atom stereocenters. The monoisotopic (exact) mass is 454 g/mol. The smallest absolute Gasteiger partial charge is 0.449 e. The average Bonchev–Trinajstić information content (AvgIpc) is 3.18. The van der Waals surface area contributed by atoms with E-state index in [1.54, 1.807) is 6.07 Å². The molecule has 2 aromatic heterocycles. The maximum absolute atomic E-state index is 12.9. The fourth-order valence-corrected chi connectivity index (χ4v) is 3.13. The predicted octanol–water partition coefficient (Wildman–Crippen LogP) is 5.93. The lowest BCUT2D eigenvalue weighted by Crippen LogP contribution is -2.08. The topological polar surface area (TPSA) is 80.8 Å². The van der Waals surface area contributed by atoms with Crippen LogP contribution in [0.3, 0.4) is 0 Å². The molecule has 1 aromatic carbocycles. The van der Waals surface area contributed by atoms with Crippen LogP contribution >= 0.6 is 23.2 Å². The van der Waals surface area contributed by atoms with Crippen LogP contribution in [-0.2, 0) is 12.4 Å². The Morgan fingerprint density at radius 2 is 1.62 bits per heavy atom. The molecule has 0 aliphatic rings. The molecule has 13 heteroatoms. The van der Waals surface area contributed by atoms with Crippen molar-refractivity contribution in [3.8, 4) is 23.1 Å². The summed E-state index contributed by atoms with van der Waals surface area (Å²) in [6, 6.07) is 4.33. The number of nitrogens with zero attached hydrogens (tertiary/aromatic N) is 3. The largest absolute Gasteiger partial charge is 0.451 e. The lowest BCUT2D eigenvalue weighted by Gasteiger charge is -2.13. The summed E-state index contributed by atoms with van der Waals surface area (Å²) in [5, 5.41) is 12.1. The van der Waals surface area contributed by atoms with Crippen molar-refractivity contribution in [1.82, 2.24) is 9.78 Å². The van der Waals surface area contributed by atoms with Gasteiger partial charge in [0.25, 0.3) is 0 Å². The van der Waals surface area contributed by atoms with E-state index in [0.717, 1.165) is 10.7 Å². The second-order valence-corrected chi connectivity index (χ2v) is 6.39. The minimum absolute atomic E-state index is 0.288. The summed E-state index contributed by atoms with van der Waals surface area (Å²) in [6.07, 6.45) is -9.51. The number of rotatable bonds is 2. The van der Waals surface area contributed by atoms with E-state index >= 15 is 0 Å². The number of furan rings is 1. The third-order valence-corrected chi connectivity index (χ3v) is 4.29. The Bertz CT molecular complexity index is 1120. The van der Waals surface area contributed by atoms with Gasteiger partial charge in [-0.25, -0.2) is 4.68 Å². The van der Waals surface area contributed by atoms with Crippen molar-refractivity contribution >= 4 is 29.0 Å². The average molecular weight is 455 g/mol. The van der Waals surface area contributed by atoms with Crippen LogP contribution in [-0.4, -0.2) is 9.78 Å². The highest BCUT2D eigenvalue weighted by Crippen LogP contribution is 2.41. The predicted molar refractivity (Wildman–Crippen MR) is 90.4 cm³/mol. The molecular weight excluding hydrogens is 449 g/mol. The van der Waals surface area contributed by atoms with Gasteiger partial charge in [0.15, 0.2) is 5.69 Å². The molecule has 0 aliphatic carbocycles. The Kier molecular flexibility index (Phi) is 4.96. The molecular formula is C16H6Cl2F6N4O. The molecule has 0 saturated heterocycles. The normalized spacial score (nSPS) is 12.2. The number of benzene rings is 1. The van der Waals surface area contributed by atoms with Crippen molar-refractivity contribution in [1.29, 1.82) is 5.26 Å². The van der Waals surface area contributed by atoms with Gasteiger partial charge in [-0.05, 0) is 24.3 Å². The van der Waals surface area contributed by atoms with Crippen molar-refractivity contribution in [3.05, 3.63) is 51.3 Å². The molecule has 0 radical (unpaired) electrons. The van der Waals surface area contributed by atoms with E-state index in [2.05, 4.69) is 5.10 Å². The Hall–Kier alpha value is -2.84. The third-order valence-electron chi connectivity index (χ3n) is 3.71. The lowest BCUT2D eigenvalue weighted by atomic mass is 10.1. The van der Waals surface area contributed by atoms with Crippen LogP contribution in [0, 0.1) is 11.3 Å². The fraction of sp³-hybridized carbons (Fsp3) is 0.125. The van der Waals surface area contributed by atoms with Gasteiger partial charge in [0.2, 0.25) is 5.76 Å². The standard InChI is InChI=1S/C16H6Cl2F6N4O/c17-7-3-6(15(19,20)21)4-8(18)13(7)28-14(26)12(9(5-25)27-28)10-1-2-11(29-10)16(22,23)24/h1-4H,26H2. The van der Waals surface area contributed by atoms with Gasteiger partial charge < -0.3 is 10.2 Å². The van der Waals surface area contributed by atoms with E-state index in [1.807, 2.05) is 0 Å². The van der Waals surface area contributed by atoms with Gasteiger partial charge in [-0.1, -0.05) is 23.2 Å². The maximum atomic E-state index is 12.9. The highest BCUT2D eigenvalue weighted by molar-refractivity contribution is 6.38. The Balaban J connectivity index is 2.20. The molecule has 0 saturated carbocycles. The molecule has 3 aromatic rings. The summed E-state index contributed by atoms with van der Waals surface area (Å²) in [5.41, 5.74) is 3.73. The summed E-state index contributed by atoms with van der Waals surface area (Å²) in [7, 11) is 0. The molecule has 0 amide bonds. The first-order valence-electron chi connectivity index (χ1n) is 7.37. The second kappa shape index (κ2) is 6.89. The van der Waals surface area contributed by atoms with Gasteiger partial charge in [0.05, 0.1) is 21.2 Å². The maximum Gasteiger partial charge on any atom is 0.449 e. The number of nitriles is 1. The van der Waals surface area contributed by atoms with Crippen LogP contribution in [0.4, 0.5) is 32.2 Å². The van der Waals surface area contributed by atoms with Crippen LogP contribution in [0.25, 0.3) is 17.0 Å². The Morgan fingerprint density at radius 1 is 1.03 bits per heavy atom. The first kappa shape index (κ1) is 20.9. The first-order valence-corrected chi connectivity index (χ1v) is 8.12. The molecule has 2 N–H and O–H groups in total. The summed E-state index contributed by atoms with van der Waals surface area (Å²) < 4.78 is 82.5. The minimum atomic E-state index is -4.78. The van der Waals surface area contributed by atoms with Gasteiger partial charge in [0, 0.05) is 0 Å². The van der Waals surface area contributed by atoms with E-state index in [-0.39, 0.29) is 11.3 Å². The second-order valence-electron chi connectivity index (χ2n) is 5.58. The molecule has 29 heavy (non-hydrogen) atoms. The number of halogens is 8. The highest BCUT2D eigenvalue weighted by atomic mass is 35.5. The fourth-order valence-electron chi connectivity index (χ4n) is 2.48. The van der Waals surface area contributed by atoms with Crippen LogP contribution in [0.1, 0.15) is 17.0 Å². The van der Waals surface area contributed by atoms with Crippen LogP contribution in [0.2, 0.25) is 10.0 Å². The van der Waals surface area contributed by atoms with E-state index in [4.69, 9.17) is 33.4 Å².